The maximum Gasteiger partial charge on any atom is 0.143 e. The molecule has 0 radical (unpaired) electrons. The molecule has 0 amide bonds. The van der Waals surface area contributed by atoms with Crippen molar-refractivity contribution in [2.45, 2.75) is 19.8 Å². The van der Waals surface area contributed by atoms with E-state index in [0.717, 1.165) is 63.0 Å². The highest BCUT2D eigenvalue weighted by molar-refractivity contribution is 6.09. The molecule has 9 aromatic carbocycles. The van der Waals surface area contributed by atoms with Gasteiger partial charge in [-0.2, -0.15) is 0 Å². The first-order valence-corrected chi connectivity index (χ1v) is 22.2. The molecule has 64 heavy (non-hydrogen) atoms. The molecule has 0 spiro atoms. The molecule has 2 heterocycles. The van der Waals surface area contributed by atoms with Crippen molar-refractivity contribution in [3.63, 3.8) is 0 Å². The van der Waals surface area contributed by atoms with Crippen molar-refractivity contribution in [2.75, 3.05) is 4.90 Å². The van der Waals surface area contributed by atoms with Gasteiger partial charge in [-0.05, 0) is 132 Å². The Labute approximate surface area is 373 Å². The van der Waals surface area contributed by atoms with Gasteiger partial charge < -0.3 is 13.9 Å². The first kappa shape index (κ1) is 37.6. The van der Waals surface area contributed by atoms with Crippen molar-refractivity contribution in [1.82, 2.24) is 4.57 Å². The number of anilines is 3. The van der Waals surface area contributed by atoms with Gasteiger partial charge in [-0.15, -0.1) is 0 Å². The van der Waals surface area contributed by atoms with E-state index in [1.807, 2.05) is 12.1 Å². The quantitative estimate of drug-likeness (QED) is 0.152. The predicted molar refractivity (Wildman–Crippen MR) is 269 cm³/mol. The van der Waals surface area contributed by atoms with E-state index in [0.29, 0.717) is 0 Å². The average molecular weight is 821 g/mol. The normalized spacial score (nSPS) is 12.3. The molecular formula is C61H44N2O. The molecule has 0 aliphatic heterocycles. The fraction of sp³-hybridized carbons (Fsp3) is 0.0492. The second-order valence-electron chi connectivity index (χ2n) is 16.9. The summed E-state index contributed by atoms with van der Waals surface area (Å²) >= 11 is 0. The predicted octanol–water partition coefficient (Wildman–Crippen LogP) is 16.9. The first-order chi connectivity index (χ1) is 31.6. The Bertz CT molecular complexity index is 3540. The van der Waals surface area contributed by atoms with Crippen LogP contribution in [0, 0.1) is 6.92 Å². The molecule has 1 aliphatic carbocycles. The Balaban J connectivity index is 0.909. The molecule has 0 N–H and O–H groups in total. The number of hydrogen-bond donors (Lipinski definition) is 0. The summed E-state index contributed by atoms with van der Waals surface area (Å²) in [7, 11) is 0. The van der Waals surface area contributed by atoms with E-state index in [2.05, 4.69) is 229 Å². The summed E-state index contributed by atoms with van der Waals surface area (Å²) in [5, 5.41) is 3.63. The minimum absolute atomic E-state index is 0.906. The van der Waals surface area contributed by atoms with Gasteiger partial charge >= 0.3 is 0 Å². The zero-order valence-electron chi connectivity index (χ0n) is 35.6. The number of hydrogen-bond acceptors (Lipinski definition) is 2. The SMILES string of the molecule is Cc1ccc2c(c1)c1c(n2-c2ccccc2-c2cccc(-c3ccc(N(c4ccc(-c5ccccc5)cc4)c4ccc(-c5cccc6c5oc5ccccc56)cc4)cc3)c2)C=CCC1. The summed E-state index contributed by atoms with van der Waals surface area (Å²) in [6.07, 6.45) is 6.78. The van der Waals surface area contributed by atoms with Crippen LogP contribution in [0.2, 0.25) is 0 Å². The summed E-state index contributed by atoms with van der Waals surface area (Å²) in [6.45, 7) is 2.19. The van der Waals surface area contributed by atoms with Crippen LogP contribution in [0.15, 0.2) is 223 Å². The van der Waals surface area contributed by atoms with Crippen LogP contribution in [0.5, 0.6) is 0 Å². The minimum Gasteiger partial charge on any atom is -0.455 e. The maximum atomic E-state index is 6.43. The lowest BCUT2D eigenvalue weighted by molar-refractivity contribution is 0.670. The molecule has 0 bridgehead atoms. The summed E-state index contributed by atoms with van der Waals surface area (Å²) < 4.78 is 8.91. The maximum absolute atomic E-state index is 6.43. The summed E-state index contributed by atoms with van der Waals surface area (Å²) in [6, 6.07) is 76.8. The Kier molecular flexibility index (Phi) is 9.19. The molecule has 1 aliphatic rings. The minimum atomic E-state index is 0.906. The lowest BCUT2D eigenvalue weighted by atomic mass is 9.97. The Morgan fingerprint density at radius 3 is 1.83 bits per heavy atom. The number of fused-ring (bicyclic) bond motifs is 6. The molecule has 0 saturated heterocycles. The molecule has 0 fully saturated rings. The fourth-order valence-corrected chi connectivity index (χ4v) is 9.84. The molecule has 12 rings (SSSR count). The van der Waals surface area contributed by atoms with Gasteiger partial charge in [0.05, 0.1) is 11.2 Å². The van der Waals surface area contributed by atoms with Crippen LogP contribution in [0.4, 0.5) is 17.1 Å². The highest BCUT2D eigenvalue weighted by atomic mass is 16.3. The lowest BCUT2D eigenvalue weighted by Crippen LogP contribution is -2.09. The van der Waals surface area contributed by atoms with Gasteiger partial charge in [0.1, 0.15) is 11.2 Å². The van der Waals surface area contributed by atoms with Crippen LogP contribution in [0.3, 0.4) is 0 Å². The van der Waals surface area contributed by atoms with Gasteiger partial charge in [0.25, 0.3) is 0 Å². The summed E-state index contributed by atoms with van der Waals surface area (Å²) in [4.78, 5) is 2.34. The zero-order valence-corrected chi connectivity index (χ0v) is 35.6. The van der Waals surface area contributed by atoms with Crippen LogP contribution >= 0.6 is 0 Å². The van der Waals surface area contributed by atoms with E-state index in [9.17, 15) is 0 Å². The van der Waals surface area contributed by atoms with E-state index in [-0.39, 0.29) is 0 Å². The molecule has 0 saturated carbocycles. The molecule has 0 unspecified atom stereocenters. The summed E-state index contributed by atoms with van der Waals surface area (Å²) in [5.41, 5.74) is 20.9. The van der Waals surface area contributed by atoms with Gasteiger partial charge in [0.2, 0.25) is 0 Å². The number of rotatable bonds is 8. The average Bonchev–Trinajstić information content (AvgIpc) is 3.91. The van der Waals surface area contributed by atoms with E-state index < -0.39 is 0 Å². The smallest absolute Gasteiger partial charge is 0.143 e. The number of aromatic nitrogens is 1. The van der Waals surface area contributed by atoms with Crippen molar-refractivity contribution in [3.05, 3.63) is 235 Å². The number of nitrogens with zero attached hydrogens (tertiary/aromatic N) is 2. The third kappa shape index (κ3) is 6.53. The van der Waals surface area contributed by atoms with E-state index >= 15 is 0 Å². The monoisotopic (exact) mass is 820 g/mol. The van der Waals surface area contributed by atoms with Crippen LogP contribution in [0.25, 0.3) is 89.1 Å². The number of aryl methyl sites for hydroxylation is 2. The lowest BCUT2D eigenvalue weighted by Gasteiger charge is -2.26. The zero-order chi connectivity index (χ0) is 42.6. The summed E-state index contributed by atoms with van der Waals surface area (Å²) in [5.74, 6) is 0. The molecule has 304 valence electrons. The van der Waals surface area contributed by atoms with Crippen LogP contribution in [-0.4, -0.2) is 4.57 Å². The standard InChI is InChI=1S/C61H44N2O/c1-41-25-38-59-56(39-41)53-18-6-9-23-58(53)63(59)57-22-8-5-17-51(57)47-16-11-15-46(40-47)44-28-34-49(35-29-44)62(48-32-26-43(27-33-48)42-13-3-2-4-14-42)50-36-30-45(31-37-50)52-20-12-21-55-54-19-7-10-24-60(54)64-61(52)55/h2-5,7-17,19-40H,6,18H2,1H3. The van der Waals surface area contributed by atoms with Crippen molar-refractivity contribution >= 4 is 56.0 Å². The van der Waals surface area contributed by atoms with Crippen LogP contribution < -0.4 is 4.90 Å². The number of allylic oxidation sites excluding steroid dienone is 1. The Hall–Kier alpha value is -8.14. The van der Waals surface area contributed by atoms with Crippen molar-refractivity contribution in [1.29, 1.82) is 0 Å². The van der Waals surface area contributed by atoms with E-state index in [1.165, 1.54) is 66.8 Å². The van der Waals surface area contributed by atoms with Crippen molar-refractivity contribution < 1.29 is 4.42 Å². The molecule has 2 aromatic heterocycles. The van der Waals surface area contributed by atoms with E-state index in [1.54, 1.807) is 0 Å². The molecule has 11 aromatic rings. The van der Waals surface area contributed by atoms with Gasteiger partial charge in [0, 0.05) is 50.0 Å². The third-order valence-corrected chi connectivity index (χ3v) is 13.0. The highest BCUT2D eigenvalue weighted by Crippen LogP contribution is 2.42. The van der Waals surface area contributed by atoms with Gasteiger partial charge in [0.15, 0.2) is 0 Å². The molecular weight excluding hydrogens is 777 g/mol. The largest absolute Gasteiger partial charge is 0.455 e. The fourth-order valence-electron chi connectivity index (χ4n) is 9.84. The third-order valence-electron chi connectivity index (χ3n) is 13.0. The van der Waals surface area contributed by atoms with Gasteiger partial charge in [-0.1, -0.05) is 157 Å². The highest BCUT2D eigenvalue weighted by Gasteiger charge is 2.21. The van der Waals surface area contributed by atoms with E-state index in [4.69, 9.17) is 4.42 Å². The van der Waals surface area contributed by atoms with Gasteiger partial charge in [-0.3, -0.25) is 0 Å². The molecule has 3 nitrogen and oxygen atoms in total. The number of benzene rings is 9. The topological polar surface area (TPSA) is 21.3 Å². The molecule has 0 atom stereocenters. The second-order valence-corrected chi connectivity index (χ2v) is 16.9. The first-order valence-electron chi connectivity index (χ1n) is 22.2. The van der Waals surface area contributed by atoms with Crippen molar-refractivity contribution in [2.24, 2.45) is 0 Å². The number of furan rings is 1. The molecule has 3 heteroatoms. The van der Waals surface area contributed by atoms with Crippen molar-refractivity contribution in [3.8, 4) is 50.2 Å². The Morgan fingerprint density at radius 2 is 1.05 bits per heavy atom. The van der Waals surface area contributed by atoms with Gasteiger partial charge in [-0.25, -0.2) is 0 Å². The number of para-hydroxylation sites is 3. The van der Waals surface area contributed by atoms with Crippen LogP contribution in [0.1, 0.15) is 23.2 Å². The van der Waals surface area contributed by atoms with Crippen LogP contribution in [-0.2, 0) is 6.42 Å². The Morgan fingerprint density at radius 1 is 0.453 bits per heavy atom. The second kappa shape index (κ2) is 15.6.